The second-order valence-corrected chi connectivity index (χ2v) is 4.98. The molecule has 2 rings (SSSR count). The molecule has 0 saturated heterocycles. The fourth-order valence-corrected chi connectivity index (χ4v) is 2.39. The van der Waals surface area contributed by atoms with Crippen LogP contribution in [-0.2, 0) is 0 Å². The maximum atomic E-state index is 13.3. The van der Waals surface area contributed by atoms with E-state index in [0.717, 1.165) is 11.6 Å². The minimum Gasteiger partial charge on any atom is -0.207 e. The Morgan fingerprint density at radius 2 is 1.21 bits per heavy atom. The molecule has 0 aliphatic rings. The number of halogens is 3. The minimum absolute atomic E-state index is 0.145. The van der Waals surface area contributed by atoms with Crippen LogP contribution in [0, 0.1) is 23.4 Å². The highest BCUT2D eigenvalue weighted by Crippen LogP contribution is 2.32. The average molecular weight is 264 g/mol. The smallest absolute Gasteiger partial charge is 0.126 e. The molecule has 0 heterocycles. The molecule has 0 aliphatic carbocycles. The second kappa shape index (κ2) is 5.47. The summed E-state index contributed by atoms with van der Waals surface area (Å²) in [7, 11) is 0. The Balaban J connectivity index is 2.48. The van der Waals surface area contributed by atoms with Crippen LogP contribution >= 0.6 is 0 Å². The Morgan fingerprint density at radius 3 is 1.68 bits per heavy atom. The molecule has 2 aromatic carbocycles. The topological polar surface area (TPSA) is 0 Å². The van der Waals surface area contributed by atoms with Crippen molar-refractivity contribution >= 4 is 0 Å². The molecule has 0 aromatic heterocycles. The lowest BCUT2D eigenvalue weighted by Gasteiger charge is -2.22. The SMILES string of the molecule is CC(C)C(c1ccc(F)cc1)c1cc(F)cc(F)c1. The third-order valence-electron chi connectivity index (χ3n) is 3.14. The summed E-state index contributed by atoms with van der Waals surface area (Å²) < 4.78 is 39.6. The summed E-state index contributed by atoms with van der Waals surface area (Å²) in [5, 5.41) is 0. The van der Waals surface area contributed by atoms with Gasteiger partial charge in [-0.15, -0.1) is 0 Å². The van der Waals surface area contributed by atoms with Crippen molar-refractivity contribution in [3.05, 3.63) is 71.0 Å². The summed E-state index contributed by atoms with van der Waals surface area (Å²) in [6.07, 6.45) is 0. The van der Waals surface area contributed by atoms with Gasteiger partial charge < -0.3 is 0 Å². The van der Waals surface area contributed by atoms with Crippen molar-refractivity contribution in [1.29, 1.82) is 0 Å². The summed E-state index contributed by atoms with van der Waals surface area (Å²) >= 11 is 0. The van der Waals surface area contributed by atoms with E-state index in [1.807, 2.05) is 13.8 Å². The molecule has 19 heavy (non-hydrogen) atoms. The van der Waals surface area contributed by atoms with Crippen LogP contribution < -0.4 is 0 Å². The van der Waals surface area contributed by atoms with Crippen LogP contribution in [0.2, 0.25) is 0 Å². The van der Waals surface area contributed by atoms with Gasteiger partial charge in [-0.3, -0.25) is 0 Å². The molecule has 0 radical (unpaired) electrons. The van der Waals surface area contributed by atoms with Gasteiger partial charge in [0.15, 0.2) is 0 Å². The summed E-state index contributed by atoms with van der Waals surface area (Å²) in [4.78, 5) is 0. The highest BCUT2D eigenvalue weighted by Gasteiger charge is 2.19. The van der Waals surface area contributed by atoms with Crippen molar-refractivity contribution in [3.8, 4) is 0 Å². The van der Waals surface area contributed by atoms with E-state index in [1.165, 1.54) is 24.3 Å². The molecule has 2 aromatic rings. The maximum Gasteiger partial charge on any atom is 0.126 e. The molecule has 0 N–H and O–H groups in total. The van der Waals surface area contributed by atoms with Gasteiger partial charge in [0.1, 0.15) is 17.5 Å². The largest absolute Gasteiger partial charge is 0.207 e. The zero-order valence-electron chi connectivity index (χ0n) is 10.8. The lowest BCUT2D eigenvalue weighted by molar-refractivity contribution is 0.539. The zero-order valence-corrected chi connectivity index (χ0v) is 10.8. The van der Waals surface area contributed by atoms with Gasteiger partial charge in [-0.25, -0.2) is 13.2 Å². The van der Waals surface area contributed by atoms with Crippen molar-refractivity contribution in [3.63, 3.8) is 0 Å². The molecule has 1 atom stereocenters. The van der Waals surface area contributed by atoms with E-state index in [2.05, 4.69) is 0 Å². The molecule has 0 fully saturated rings. The Hall–Kier alpha value is -1.77. The first kappa shape index (κ1) is 13.7. The summed E-state index contributed by atoms with van der Waals surface area (Å²) in [6, 6.07) is 9.55. The Bertz CT molecular complexity index is 538. The predicted octanol–water partition coefficient (Wildman–Crippen LogP) is 4.89. The predicted molar refractivity (Wildman–Crippen MR) is 69.4 cm³/mol. The molecular weight excluding hydrogens is 249 g/mol. The lowest BCUT2D eigenvalue weighted by atomic mass is 9.82. The van der Waals surface area contributed by atoms with E-state index < -0.39 is 11.6 Å². The highest BCUT2D eigenvalue weighted by molar-refractivity contribution is 5.33. The van der Waals surface area contributed by atoms with Gasteiger partial charge in [-0.1, -0.05) is 26.0 Å². The molecule has 100 valence electrons. The van der Waals surface area contributed by atoms with E-state index >= 15 is 0 Å². The summed E-state index contributed by atoms with van der Waals surface area (Å²) in [5.74, 6) is -1.53. The van der Waals surface area contributed by atoms with Crippen LogP contribution in [0.3, 0.4) is 0 Å². The average Bonchev–Trinajstić information content (AvgIpc) is 2.30. The molecule has 0 bridgehead atoms. The first-order chi connectivity index (χ1) is 8.97. The van der Waals surface area contributed by atoms with E-state index in [4.69, 9.17) is 0 Å². The van der Waals surface area contributed by atoms with Gasteiger partial charge in [-0.2, -0.15) is 0 Å². The van der Waals surface area contributed by atoms with Crippen molar-refractivity contribution < 1.29 is 13.2 Å². The number of benzene rings is 2. The summed E-state index contributed by atoms with van der Waals surface area (Å²) in [6.45, 7) is 3.94. The van der Waals surface area contributed by atoms with Crippen LogP contribution in [0.15, 0.2) is 42.5 Å². The molecule has 3 heteroatoms. The normalized spacial score (nSPS) is 12.7. The fraction of sp³-hybridized carbons (Fsp3) is 0.250. The molecular formula is C16H15F3. The second-order valence-electron chi connectivity index (χ2n) is 4.98. The standard InChI is InChI=1S/C16H15F3/c1-10(2)16(11-3-5-13(17)6-4-11)12-7-14(18)9-15(19)8-12/h3-10,16H,1-2H3. The van der Waals surface area contributed by atoms with Crippen LogP contribution in [0.1, 0.15) is 30.9 Å². The Labute approximate surface area is 110 Å². The lowest BCUT2D eigenvalue weighted by Crippen LogP contribution is -2.09. The van der Waals surface area contributed by atoms with Gasteiger partial charge >= 0.3 is 0 Å². The fourth-order valence-electron chi connectivity index (χ4n) is 2.39. The molecule has 0 saturated carbocycles. The van der Waals surface area contributed by atoms with E-state index in [9.17, 15) is 13.2 Å². The van der Waals surface area contributed by atoms with Crippen LogP contribution in [0.4, 0.5) is 13.2 Å². The van der Waals surface area contributed by atoms with E-state index in [1.54, 1.807) is 12.1 Å². The monoisotopic (exact) mass is 264 g/mol. The maximum absolute atomic E-state index is 13.3. The minimum atomic E-state index is -0.595. The first-order valence-electron chi connectivity index (χ1n) is 6.19. The molecule has 0 amide bonds. The third kappa shape index (κ3) is 3.16. The van der Waals surface area contributed by atoms with E-state index in [-0.39, 0.29) is 17.7 Å². The van der Waals surface area contributed by atoms with Gasteiger partial charge in [0.25, 0.3) is 0 Å². The van der Waals surface area contributed by atoms with Crippen molar-refractivity contribution in [1.82, 2.24) is 0 Å². The number of hydrogen-bond acceptors (Lipinski definition) is 0. The van der Waals surface area contributed by atoms with Gasteiger partial charge in [-0.05, 0) is 41.3 Å². The third-order valence-corrected chi connectivity index (χ3v) is 3.14. The van der Waals surface area contributed by atoms with Crippen molar-refractivity contribution in [2.45, 2.75) is 19.8 Å². The molecule has 0 spiro atoms. The van der Waals surface area contributed by atoms with Gasteiger partial charge in [0.2, 0.25) is 0 Å². The summed E-state index contributed by atoms with van der Waals surface area (Å²) in [5.41, 5.74) is 1.42. The van der Waals surface area contributed by atoms with Crippen LogP contribution in [0.25, 0.3) is 0 Å². The highest BCUT2D eigenvalue weighted by atomic mass is 19.1. The number of rotatable bonds is 3. The number of hydrogen-bond donors (Lipinski definition) is 0. The van der Waals surface area contributed by atoms with Crippen molar-refractivity contribution in [2.24, 2.45) is 5.92 Å². The van der Waals surface area contributed by atoms with Crippen LogP contribution in [-0.4, -0.2) is 0 Å². The Morgan fingerprint density at radius 1 is 0.684 bits per heavy atom. The van der Waals surface area contributed by atoms with E-state index in [0.29, 0.717) is 5.56 Å². The van der Waals surface area contributed by atoms with Gasteiger partial charge in [0.05, 0.1) is 0 Å². The zero-order chi connectivity index (χ0) is 14.0. The quantitative estimate of drug-likeness (QED) is 0.740. The van der Waals surface area contributed by atoms with Crippen LogP contribution in [0.5, 0.6) is 0 Å². The van der Waals surface area contributed by atoms with Gasteiger partial charge in [0, 0.05) is 12.0 Å². The Kier molecular flexibility index (Phi) is 3.93. The molecule has 1 unspecified atom stereocenters. The van der Waals surface area contributed by atoms with Crippen molar-refractivity contribution in [2.75, 3.05) is 0 Å². The molecule has 0 nitrogen and oxygen atoms in total. The first-order valence-corrected chi connectivity index (χ1v) is 6.19. The molecule has 0 aliphatic heterocycles.